The van der Waals surface area contributed by atoms with Crippen LogP contribution in [0.1, 0.15) is 39.5 Å². The lowest BCUT2D eigenvalue weighted by atomic mass is 9.78. The molecule has 0 atom stereocenters. The van der Waals surface area contributed by atoms with Crippen LogP contribution in [0.25, 0.3) is 0 Å². The van der Waals surface area contributed by atoms with Crippen LogP contribution in [0.5, 0.6) is 0 Å². The van der Waals surface area contributed by atoms with Crippen LogP contribution < -0.4 is 0 Å². The van der Waals surface area contributed by atoms with Gasteiger partial charge in [-0.1, -0.05) is 19.3 Å². The van der Waals surface area contributed by atoms with Crippen LogP contribution in [0, 0.1) is 5.92 Å². The molecule has 0 amide bonds. The molecule has 76 valence electrons. The molecule has 1 rings (SSSR count). The first-order valence-electron chi connectivity index (χ1n) is 5.15. The SMILES string of the molecule is CN(C)C(C)(C)C(=O)CC1CCC1. The third kappa shape index (κ3) is 2.31. The highest BCUT2D eigenvalue weighted by molar-refractivity contribution is 5.87. The van der Waals surface area contributed by atoms with Crippen LogP contribution in [0.2, 0.25) is 0 Å². The van der Waals surface area contributed by atoms with Gasteiger partial charge in [-0.05, 0) is 33.9 Å². The maximum atomic E-state index is 11.9. The van der Waals surface area contributed by atoms with Crippen molar-refractivity contribution >= 4 is 5.78 Å². The van der Waals surface area contributed by atoms with E-state index in [9.17, 15) is 4.79 Å². The van der Waals surface area contributed by atoms with Crippen molar-refractivity contribution in [1.82, 2.24) is 4.90 Å². The van der Waals surface area contributed by atoms with Gasteiger partial charge in [-0.25, -0.2) is 0 Å². The summed E-state index contributed by atoms with van der Waals surface area (Å²) in [7, 11) is 3.94. The molecule has 0 heterocycles. The summed E-state index contributed by atoms with van der Waals surface area (Å²) in [5.74, 6) is 1.08. The minimum absolute atomic E-state index is 0.282. The summed E-state index contributed by atoms with van der Waals surface area (Å²) in [5, 5.41) is 0. The van der Waals surface area contributed by atoms with Gasteiger partial charge in [-0.3, -0.25) is 9.69 Å². The first-order chi connectivity index (χ1) is 5.94. The molecular weight excluding hydrogens is 162 g/mol. The minimum Gasteiger partial charge on any atom is -0.298 e. The van der Waals surface area contributed by atoms with E-state index in [4.69, 9.17) is 0 Å². The third-order valence-electron chi connectivity index (χ3n) is 3.50. The summed E-state index contributed by atoms with van der Waals surface area (Å²) in [5.41, 5.74) is -0.282. The zero-order chi connectivity index (χ0) is 10.1. The topological polar surface area (TPSA) is 20.3 Å². The lowest BCUT2D eigenvalue weighted by Crippen LogP contribution is -2.46. The van der Waals surface area contributed by atoms with E-state index in [2.05, 4.69) is 0 Å². The first-order valence-corrected chi connectivity index (χ1v) is 5.15. The van der Waals surface area contributed by atoms with Gasteiger partial charge in [0.25, 0.3) is 0 Å². The van der Waals surface area contributed by atoms with Crippen molar-refractivity contribution < 1.29 is 4.79 Å². The molecule has 0 aliphatic heterocycles. The first kappa shape index (κ1) is 10.7. The molecule has 2 heteroatoms. The van der Waals surface area contributed by atoms with E-state index in [-0.39, 0.29) is 5.54 Å². The standard InChI is InChI=1S/C11H21NO/c1-11(2,12(3)4)10(13)8-9-6-5-7-9/h9H,5-8H2,1-4H3. The van der Waals surface area contributed by atoms with Gasteiger partial charge in [0.15, 0.2) is 5.78 Å². The highest BCUT2D eigenvalue weighted by Gasteiger charge is 2.32. The molecular formula is C11H21NO. The van der Waals surface area contributed by atoms with Crippen LogP contribution in [-0.2, 0) is 4.79 Å². The molecule has 2 nitrogen and oxygen atoms in total. The zero-order valence-corrected chi connectivity index (χ0v) is 9.26. The zero-order valence-electron chi connectivity index (χ0n) is 9.26. The van der Waals surface area contributed by atoms with E-state index in [1.807, 2.05) is 32.8 Å². The Hall–Kier alpha value is -0.370. The largest absolute Gasteiger partial charge is 0.298 e. The predicted molar refractivity (Wildman–Crippen MR) is 54.7 cm³/mol. The second-order valence-electron chi connectivity index (χ2n) is 4.88. The van der Waals surface area contributed by atoms with Gasteiger partial charge >= 0.3 is 0 Å². The lowest BCUT2D eigenvalue weighted by molar-refractivity contribution is -0.129. The summed E-state index contributed by atoms with van der Waals surface area (Å²) in [6, 6.07) is 0. The van der Waals surface area contributed by atoms with E-state index in [1.165, 1.54) is 19.3 Å². The fourth-order valence-electron chi connectivity index (χ4n) is 1.46. The maximum Gasteiger partial charge on any atom is 0.152 e. The molecule has 0 spiro atoms. The summed E-state index contributed by atoms with van der Waals surface area (Å²) in [6.07, 6.45) is 4.62. The van der Waals surface area contributed by atoms with E-state index in [1.54, 1.807) is 0 Å². The molecule has 13 heavy (non-hydrogen) atoms. The molecule has 1 fully saturated rings. The summed E-state index contributed by atoms with van der Waals surface area (Å²) in [6.45, 7) is 4.02. The van der Waals surface area contributed by atoms with Crippen LogP contribution in [0.3, 0.4) is 0 Å². The van der Waals surface area contributed by atoms with Crippen molar-refractivity contribution in [3.05, 3.63) is 0 Å². The van der Waals surface area contributed by atoms with Gasteiger partial charge in [0.05, 0.1) is 5.54 Å². The van der Waals surface area contributed by atoms with Gasteiger partial charge in [0.1, 0.15) is 0 Å². The van der Waals surface area contributed by atoms with Crippen molar-refractivity contribution in [2.45, 2.75) is 45.1 Å². The average Bonchev–Trinajstić information content (AvgIpc) is 1.95. The highest BCUT2D eigenvalue weighted by atomic mass is 16.1. The quantitative estimate of drug-likeness (QED) is 0.665. The minimum atomic E-state index is -0.282. The van der Waals surface area contributed by atoms with Gasteiger partial charge in [0, 0.05) is 6.42 Å². The third-order valence-corrected chi connectivity index (χ3v) is 3.50. The maximum absolute atomic E-state index is 11.9. The van der Waals surface area contributed by atoms with Gasteiger partial charge in [-0.15, -0.1) is 0 Å². The van der Waals surface area contributed by atoms with Gasteiger partial charge in [0.2, 0.25) is 0 Å². The number of ketones is 1. The second-order valence-corrected chi connectivity index (χ2v) is 4.88. The van der Waals surface area contributed by atoms with Crippen LogP contribution >= 0.6 is 0 Å². The Kier molecular flexibility index (Phi) is 3.12. The number of rotatable bonds is 4. The van der Waals surface area contributed by atoms with Crippen LogP contribution in [-0.4, -0.2) is 30.3 Å². The molecule has 0 unspecified atom stereocenters. The Morgan fingerprint density at radius 3 is 2.23 bits per heavy atom. The second kappa shape index (κ2) is 3.79. The van der Waals surface area contributed by atoms with Crippen molar-refractivity contribution in [2.24, 2.45) is 5.92 Å². The highest BCUT2D eigenvalue weighted by Crippen LogP contribution is 2.31. The molecule has 1 saturated carbocycles. The van der Waals surface area contributed by atoms with Crippen LogP contribution in [0.4, 0.5) is 0 Å². The normalized spacial score (nSPS) is 18.8. The van der Waals surface area contributed by atoms with E-state index >= 15 is 0 Å². The molecule has 1 aliphatic rings. The monoisotopic (exact) mass is 183 g/mol. The molecule has 0 saturated heterocycles. The van der Waals surface area contributed by atoms with E-state index in [0.29, 0.717) is 11.7 Å². The molecule has 0 aromatic heterocycles. The average molecular weight is 183 g/mol. The van der Waals surface area contributed by atoms with Crippen molar-refractivity contribution in [3.63, 3.8) is 0 Å². The van der Waals surface area contributed by atoms with E-state index < -0.39 is 0 Å². The molecule has 0 bridgehead atoms. The molecule has 0 radical (unpaired) electrons. The number of hydrogen-bond donors (Lipinski definition) is 0. The smallest absolute Gasteiger partial charge is 0.152 e. The Bertz CT molecular complexity index is 192. The summed E-state index contributed by atoms with van der Waals surface area (Å²) < 4.78 is 0. The van der Waals surface area contributed by atoms with Crippen molar-refractivity contribution in [2.75, 3.05) is 14.1 Å². The number of carbonyl (C=O) groups is 1. The van der Waals surface area contributed by atoms with Gasteiger partial charge < -0.3 is 0 Å². The number of Topliss-reactive ketones (excluding diaryl/α,β-unsaturated/α-hetero) is 1. The summed E-state index contributed by atoms with van der Waals surface area (Å²) >= 11 is 0. The number of hydrogen-bond acceptors (Lipinski definition) is 2. The molecule has 0 aromatic carbocycles. The van der Waals surface area contributed by atoms with Gasteiger partial charge in [-0.2, -0.15) is 0 Å². The van der Waals surface area contributed by atoms with Crippen molar-refractivity contribution in [1.29, 1.82) is 0 Å². The Morgan fingerprint density at radius 2 is 1.92 bits per heavy atom. The molecule has 0 aromatic rings. The summed E-state index contributed by atoms with van der Waals surface area (Å²) in [4.78, 5) is 13.9. The number of carbonyl (C=O) groups excluding carboxylic acids is 1. The Labute approximate surface area is 81.3 Å². The Balaban J connectivity index is 2.45. The molecule has 0 N–H and O–H groups in total. The Morgan fingerprint density at radius 1 is 1.38 bits per heavy atom. The van der Waals surface area contributed by atoms with E-state index in [0.717, 1.165) is 6.42 Å². The fraction of sp³-hybridized carbons (Fsp3) is 0.909. The predicted octanol–water partition coefficient (Wildman–Crippen LogP) is 2.09. The fourth-order valence-corrected chi connectivity index (χ4v) is 1.46. The number of nitrogens with zero attached hydrogens (tertiary/aromatic N) is 1. The molecule has 1 aliphatic carbocycles. The number of likely N-dealkylation sites (N-methyl/N-ethyl adjacent to an activating group) is 1. The lowest BCUT2D eigenvalue weighted by Gasteiger charge is -2.34. The van der Waals surface area contributed by atoms with Crippen LogP contribution in [0.15, 0.2) is 0 Å². The van der Waals surface area contributed by atoms with Crippen molar-refractivity contribution in [3.8, 4) is 0 Å².